The highest BCUT2D eigenvalue weighted by atomic mass is 28.4. The van der Waals surface area contributed by atoms with Crippen molar-refractivity contribution in [2.45, 2.75) is 88.3 Å². The summed E-state index contributed by atoms with van der Waals surface area (Å²) in [7, 11) is -2.27. The van der Waals surface area contributed by atoms with E-state index < -0.39 is 25.6 Å². The molecule has 156 valence electrons. The van der Waals surface area contributed by atoms with Gasteiger partial charge in [0.1, 0.15) is 0 Å². The molecule has 0 bridgehead atoms. The number of epoxide rings is 1. The molecule has 4 rings (SSSR count). The van der Waals surface area contributed by atoms with Crippen LogP contribution in [0, 0.1) is 0 Å². The number of hydrogen-bond acceptors (Lipinski definition) is 4. The van der Waals surface area contributed by atoms with Crippen molar-refractivity contribution in [1.82, 2.24) is 0 Å². The van der Waals surface area contributed by atoms with Gasteiger partial charge in [0.05, 0.1) is 6.10 Å². The molecule has 0 amide bonds. The van der Waals surface area contributed by atoms with E-state index in [1.807, 2.05) is 6.07 Å². The predicted octanol–water partition coefficient (Wildman–Crippen LogP) is 5.48. The number of hydrogen-bond donors (Lipinski definition) is 0. The highest BCUT2D eigenvalue weighted by Crippen LogP contribution is 2.65. The van der Waals surface area contributed by atoms with Crippen LogP contribution in [0.2, 0.25) is 16.6 Å². The highest BCUT2D eigenvalue weighted by molar-refractivity contribution is 6.77. The molecule has 2 fully saturated rings. The molecular formula is C24H32O4Si. The number of carbonyl (C=O) groups is 2. The van der Waals surface area contributed by atoms with Gasteiger partial charge in [-0.05, 0) is 23.0 Å². The maximum Gasteiger partial charge on any atom is 0.201 e. The van der Waals surface area contributed by atoms with Crippen molar-refractivity contribution in [3.05, 3.63) is 47.5 Å². The maximum atomic E-state index is 13.7. The molecule has 0 unspecified atom stereocenters. The molecule has 2 aliphatic carbocycles. The molecule has 1 aromatic rings. The Morgan fingerprint density at radius 1 is 1.00 bits per heavy atom. The average Bonchev–Trinajstić information content (AvgIpc) is 3.35. The largest absolute Gasteiger partial charge is 0.409 e. The molecule has 3 aliphatic rings. The first kappa shape index (κ1) is 20.7. The zero-order chi connectivity index (χ0) is 21.4. The fourth-order valence-electron chi connectivity index (χ4n) is 6.32. The van der Waals surface area contributed by atoms with Gasteiger partial charge in [0.2, 0.25) is 14.1 Å². The van der Waals surface area contributed by atoms with E-state index in [2.05, 4.69) is 48.1 Å². The lowest BCUT2D eigenvalue weighted by molar-refractivity contribution is 0.0535. The van der Waals surface area contributed by atoms with E-state index in [1.165, 1.54) is 0 Å². The fourth-order valence-corrected chi connectivity index (χ4v) is 11.9. The number of rotatable bonds is 5. The van der Waals surface area contributed by atoms with Gasteiger partial charge in [-0.1, -0.05) is 78.0 Å². The number of fused-ring (bicyclic) bond motifs is 1. The number of ketones is 2. The lowest BCUT2D eigenvalue weighted by atomic mass is 9.65. The van der Waals surface area contributed by atoms with E-state index in [9.17, 15) is 9.59 Å². The van der Waals surface area contributed by atoms with Crippen molar-refractivity contribution in [3.8, 4) is 0 Å². The molecule has 29 heavy (non-hydrogen) atoms. The Hall–Kier alpha value is -1.56. The van der Waals surface area contributed by atoms with Crippen molar-refractivity contribution in [2.75, 3.05) is 0 Å². The SMILES string of the molecule is C=C1C[C@H](O[Si](C(C)C)(C(C)C)C(C)C)[C@@]23O[C@]2(C1)C(=O)c1ccccc1C3=O. The van der Waals surface area contributed by atoms with Crippen LogP contribution in [-0.4, -0.2) is 37.2 Å². The normalized spacial score (nSPS) is 31.2. The molecule has 1 aliphatic heterocycles. The lowest BCUT2D eigenvalue weighted by Crippen LogP contribution is -2.60. The zero-order valence-corrected chi connectivity index (χ0v) is 19.4. The summed E-state index contributed by atoms with van der Waals surface area (Å²) in [4.78, 5) is 27.1. The zero-order valence-electron chi connectivity index (χ0n) is 18.4. The second kappa shape index (κ2) is 6.47. The molecule has 0 spiro atoms. The molecule has 0 N–H and O–H groups in total. The van der Waals surface area contributed by atoms with Crippen LogP contribution < -0.4 is 0 Å². The fraction of sp³-hybridized carbons (Fsp3) is 0.583. The monoisotopic (exact) mass is 412 g/mol. The second-order valence-corrected chi connectivity index (χ2v) is 15.3. The van der Waals surface area contributed by atoms with Crippen LogP contribution in [-0.2, 0) is 9.16 Å². The summed E-state index contributed by atoms with van der Waals surface area (Å²) in [5.74, 6) is -0.183. The molecule has 4 nitrogen and oxygen atoms in total. The van der Waals surface area contributed by atoms with Gasteiger partial charge < -0.3 is 9.16 Å². The van der Waals surface area contributed by atoms with Gasteiger partial charge >= 0.3 is 0 Å². The standard InChI is InChI=1S/C24H32O4Si/c1-14(2)29(15(3)4,16(5)6)27-20-12-17(7)13-23-21(25)18-10-8-9-11-19(18)22(26)24(20,23)28-23/h8-11,14-16,20H,7,12-13H2,1-6H3/t20-,23+,24-/m0/s1. The molecule has 5 heteroatoms. The summed E-state index contributed by atoms with van der Waals surface area (Å²) in [5, 5.41) is 0. The third-order valence-electron chi connectivity index (χ3n) is 7.49. The van der Waals surface area contributed by atoms with Crippen molar-refractivity contribution >= 4 is 19.9 Å². The Morgan fingerprint density at radius 3 is 2.03 bits per heavy atom. The molecule has 1 aromatic carbocycles. The van der Waals surface area contributed by atoms with Gasteiger partial charge in [0, 0.05) is 17.5 Å². The molecule has 1 heterocycles. The van der Waals surface area contributed by atoms with Gasteiger partial charge in [-0.3, -0.25) is 9.59 Å². The van der Waals surface area contributed by atoms with Crippen LogP contribution in [0.1, 0.15) is 75.1 Å². The third kappa shape index (κ3) is 2.44. The topological polar surface area (TPSA) is 55.9 Å². The van der Waals surface area contributed by atoms with Gasteiger partial charge in [0.15, 0.2) is 17.0 Å². The lowest BCUT2D eigenvalue weighted by Gasteiger charge is -2.47. The second-order valence-electron chi connectivity index (χ2n) is 9.92. The summed E-state index contributed by atoms with van der Waals surface area (Å²) in [6, 6.07) is 7.09. The van der Waals surface area contributed by atoms with Gasteiger partial charge in [0.25, 0.3) is 0 Å². The summed E-state index contributed by atoms with van der Waals surface area (Å²) in [5.41, 5.74) is 0.705. The maximum absolute atomic E-state index is 13.7. The van der Waals surface area contributed by atoms with E-state index in [-0.39, 0.29) is 11.6 Å². The summed E-state index contributed by atoms with van der Waals surface area (Å²) < 4.78 is 13.3. The molecule has 1 saturated carbocycles. The van der Waals surface area contributed by atoms with Crippen molar-refractivity contribution < 1.29 is 18.8 Å². The number of benzene rings is 1. The van der Waals surface area contributed by atoms with Crippen LogP contribution >= 0.6 is 0 Å². The Balaban J connectivity index is 1.84. The minimum Gasteiger partial charge on any atom is -0.409 e. The van der Waals surface area contributed by atoms with Crippen LogP contribution in [0.3, 0.4) is 0 Å². The van der Waals surface area contributed by atoms with Crippen molar-refractivity contribution in [2.24, 2.45) is 0 Å². The summed E-state index contributed by atoms with van der Waals surface area (Å²) >= 11 is 0. The van der Waals surface area contributed by atoms with Crippen LogP contribution in [0.5, 0.6) is 0 Å². The summed E-state index contributed by atoms with van der Waals surface area (Å²) in [6.07, 6.45) is 0.530. The first-order chi connectivity index (χ1) is 13.5. The Morgan fingerprint density at radius 2 is 1.52 bits per heavy atom. The molecule has 1 saturated heterocycles. The Bertz CT molecular complexity index is 880. The minimum absolute atomic E-state index is 0.0898. The van der Waals surface area contributed by atoms with Crippen LogP contribution in [0.4, 0.5) is 0 Å². The minimum atomic E-state index is -2.27. The van der Waals surface area contributed by atoms with Crippen LogP contribution in [0.15, 0.2) is 36.4 Å². The average molecular weight is 413 g/mol. The molecule has 0 aromatic heterocycles. The van der Waals surface area contributed by atoms with E-state index in [1.54, 1.807) is 18.2 Å². The predicted molar refractivity (Wildman–Crippen MR) is 116 cm³/mol. The summed E-state index contributed by atoms with van der Waals surface area (Å²) in [6.45, 7) is 17.6. The smallest absolute Gasteiger partial charge is 0.201 e. The van der Waals surface area contributed by atoms with Gasteiger partial charge in [-0.2, -0.15) is 0 Å². The van der Waals surface area contributed by atoms with Gasteiger partial charge in [-0.25, -0.2) is 0 Å². The van der Waals surface area contributed by atoms with E-state index in [4.69, 9.17) is 9.16 Å². The third-order valence-corrected chi connectivity index (χ3v) is 13.6. The van der Waals surface area contributed by atoms with E-state index in [0.717, 1.165) is 5.57 Å². The molecule has 3 atom stereocenters. The number of Topliss-reactive ketones (excluding diaryl/α,β-unsaturated/α-hetero) is 2. The first-order valence-electron chi connectivity index (χ1n) is 10.8. The van der Waals surface area contributed by atoms with Gasteiger partial charge in [-0.15, -0.1) is 0 Å². The highest BCUT2D eigenvalue weighted by Gasteiger charge is 2.85. The van der Waals surface area contributed by atoms with Crippen molar-refractivity contribution in [1.29, 1.82) is 0 Å². The number of ether oxygens (including phenoxy) is 1. The number of carbonyl (C=O) groups excluding carboxylic acids is 2. The molecule has 0 radical (unpaired) electrons. The first-order valence-corrected chi connectivity index (χ1v) is 12.9. The van der Waals surface area contributed by atoms with E-state index in [0.29, 0.717) is 40.6 Å². The Labute approximate surface area is 174 Å². The Kier molecular flexibility index (Phi) is 4.61. The quantitative estimate of drug-likeness (QED) is 0.365. The van der Waals surface area contributed by atoms with Crippen LogP contribution in [0.25, 0.3) is 0 Å². The molecular weight excluding hydrogens is 380 g/mol. The van der Waals surface area contributed by atoms with Crippen molar-refractivity contribution in [3.63, 3.8) is 0 Å². The van der Waals surface area contributed by atoms with E-state index >= 15 is 0 Å².